The molecule has 0 saturated heterocycles. The third-order valence-electron chi connectivity index (χ3n) is 8.89. The summed E-state index contributed by atoms with van der Waals surface area (Å²) in [5, 5.41) is 3.26. The standard InChI is InChI=1S/C39H45N3O4S/c1-29-14-13-17-33(25-29)27-41(37(26-32-15-7-4-8-16-32)39(44)40-34-18-9-5-10-19-34)38(43)28-42(36-23-22-30(2)24-31(36)3)47(45,46)35-20-11-6-12-21-35/h4,6-8,11-17,20-25,34,37H,5,9-10,18-19,26-28H2,1-3H3,(H,40,44)/t37-/m1/s1. The van der Waals surface area contributed by atoms with E-state index in [0.717, 1.165) is 59.9 Å². The predicted octanol–water partition coefficient (Wildman–Crippen LogP) is 6.90. The van der Waals surface area contributed by atoms with Gasteiger partial charge in [0.2, 0.25) is 11.8 Å². The van der Waals surface area contributed by atoms with Crippen molar-refractivity contribution in [2.45, 2.75) is 82.8 Å². The Morgan fingerprint density at radius 2 is 1.40 bits per heavy atom. The lowest BCUT2D eigenvalue weighted by Gasteiger charge is -2.35. The summed E-state index contributed by atoms with van der Waals surface area (Å²) in [6.07, 6.45) is 5.38. The Hall–Kier alpha value is -4.43. The highest BCUT2D eigenvalue weighted by atomic mass is 32.2. The Morgan fingerprint density at radius 3 is 2.06 bits per heavy atom. The molecule has 1 N–H and O–H groups in total. The van der Waals surface area contributed by atoms with Crippen LogP contribution >= 0.6 is 0 Å². The van der Waals surface area contributed by atoms with Gasteiger partial charge in [0.1, 0.15) is 12.6 Å². The van der Waals surface area contributed by atoms with Crippen LogP contribution in [0.4, 0.5) is 5.69 Å². The highest BCUT2D eigenvalue weighted by Gasteiger charge is 2.35. The molecule has 4 aromatic rings. The Bertz CT molecular complexity index is 1770. The maximum absolute atomic E-state index is 14.7. The average molecular weight is 652 g/mol. The summed E-state index contributed by atoms with van der Waals surface area (Å²) in [6.45, 7) is 5.47. The number of nitrogens with one attached hydrogen (secondary N) is 1. The maximum atomic E-state index is 14.7. The van der Waals surface area contributed by atoms with Crippen molar-refractivity contribution in [2.75, 3.05) is 10.8 Å². The number of nitrogens with zero attached hydrogens (tertiary/aromatic N) is 2. The molecule has 47 heavy (non-hydrogen) atoms. The number of anilines is 1. The highest BCUT2D eigenvalue weighted by Crippen LogP contribution is 2.29. The SMILES string of the molecule is Cc1cccc(CN(C(=O)CN(c2ccc(C)cc2C)S(=O)(=O)c2ccccc2)[C@H](Cc2ccccc2)C(=O)NC2CCCCC2)c1. The van der Waals surface area contributed by atoms with E-state index in [1.54, 1.807) is 29.2 Å². The van der Waals surface area contributed by atoms with Gasteiger partial charge >= 0.3 is 0 Å². The molecule has 0 radical (unpaired) electrons. The molecule has 0 bridgehead atoms. The molecule has 1 atom stereocenters. The van der Waals surface area contributed by atoms with Crippen LogP contribution in [-0.4, -0.2) is 43.8 Å². The van der Waals surface area contributed by atoms with E-state index in [-0.39, 0.29) is 23.4 Å². The van der Waals surface area contributed by atoms with Crippen LogP contribution in [-0.2, 0) is 32.6 Å². The van der Waals surface area contributed by atoms with Gasteiger partial charge in [-0.2, -0.15) is 0 Å². The predicted molar refractivity (Wildman–Crippen MR) is 188 cm³/mol. The average Bonchev–Trinajstić information content (AvgIpc) is 3.07. The van der Waals surface area contributed by atoms with E-state index in [4.69, 9.17) is 0 Å². The second-order valence-electron chi connectivity index (χ2n) is 12.7. The van der Waals surface area contributed by atoms with Crippen molar-refractivity contribution in [3.05, 3.63) is 131 Å². The normalized spacial score (nSPS) is 14.3. The molecule has 0 aliphatic heterocycles. The van der Waals surface area contributed by atoms with E-state index in [2.05, 4.69) is 5.32 Å². The molecule has 8 heteroatoms. The minimum absolute atomic E-state index is 0.0515. The first-order chi connectivity index (χ1) is 22.6. The number of amides is 2. The minimum Gasteiger partial charge on any atom is -0.352 e. The van der Waals surface area contributed by atoms with Crippen molar-refractivity contribution in [2.24, 2.45) is 0 Å². The molecule has 1 saturated carbocycles. The summed E-state index contributed by atoms with van der Waals surface area (Å²) in [5.74, 6) is -0.670. The molecule has 0 heterocycles. The highest BCUT2D eigenvalue weighted by molar-refractivity contribution is 7.92. The monoisotopic (exact) mass is 651 g/mol. The molecule has 1 aliphatic rings. The Morgan fingerprint density at radius 1 is 0.766 bits per heavy atom. The maximum Gasteiger partial charge on any atom is 0.264 e. The first-order valence-corrected chi connectivity index (χ1v) is 17.9. The fourth-order valence-electron chi connectivity index (χ4n) is 6.42. The van der Waals surface area contributed by atoms with Gasteiger partial charge in [0.25, 0.3) is 10.0 Å². The molecule has 0 unspecified atom stereocenters. The zero-order valence-corrected chi connectivity index (χ0v) is 28.4. The van der Waals surface area contributed by atoms with Gasteiger partial charge < -0.3 is 10.2 Å². The fraction of sp³-hybridized carbons (Fsp3) is 0.333. The van der Waals surface area contributed by atoms with Crippen molar-refractivity contribution in [3.8, 4) is 0 Å². The molecule has 0 spiro atoms. The van der Waals surface area contributed by atoms with Crippen LogP contribution < -0.4 is 9.62 Å². The van der Waals surface area contributed by atoms with Gasteiger partial charge in [-0.3, -0.25) is 13.9 Å². The number of carbonyl (C=O) groups is 2. The number of rotatable bonds is 12. The minimum atomic E-state index is -4.14. The fourth-order valence-corrected chi connectivity index (χ4v) is 7.92. The summed E-state index contributed by atoms with van der Waals surface area (Å²) in [4.78, 5) is 30.7. The van der Waals surface area contributed by atoms with Crippen LogP contribution in [0, 0.1) is 20.8 Å². The third-order valence-corrected chi connectivity index (χ3v) is 10.7. The Labute approximate surface area is 279 Å². The summed E-state index contributed by atoms with van der Waals surface area (Å²) in [7, 11) is -4.14. The molecule has 1 aliphatic carbocycles. The van der Waals surface area contributed by atoms with Crippen molar-refractivity contribution in [1.29, 1.82) is 0 Å². The zero-order chi connectivity index (χ0) is 33.4. The second kappa shape index (κ2) is 15.4. The largest absolute Gasteiger partial charge is 0.352 e. The Balaban J connectivity index is 1.58. The van der Waals surface area contributed by atoms with Crippen LogP contribution in [0.15, 0.2) is 108 Å². The quantitative estimate of drug-likeness (QED) is 0.181. The summed E-state index contributed by atoms with van der Waals surface area (Å²) in [6, 6.07) is 30.4. The van der Waals surface area contributed by atoms with Gasteiger partial charge in [0.15, 0.2) is 0 Å². The third kappa shape index (κ3) is 8.69. The number of carbonyl (C=O) groups excluding carboxylic acids is 2. The van der Waals surface area contributed by atoms with Crippen molar-refractivity contribution >= 4 is 27.5 Å². The van der Waals surface area contributed by atoms with Gasteiger partial charge in [0.05, 0.1) is 10.6 Å². The van der Waals surface area contributed by atoms with E-state index in [1.807, 2.05) is 87.5 Å². The lowest BCUT2D eigenvalue weighted by molar-refractivity contribution is -0.140. The number of aryl methyl sites for hydroxylation is 3. The molecule has 246 valence electrons. The number of hydrogen-bond acceptors (Lipinski definition) is 4. The van der Waals surface area contributed by atoms with Crippen LogP contribution in [0.2, 0.25) is 0 Å². The van der Waals surface area contributed by atoms with Crippen molar-refractivity contribution in [3.63, 3.8) is 0 Å². The molecular weight excluding hydrogens is 607 g/mol. The number of hydrogen-bond donors (Lipinski definition) is 1. The van der Waals surface area contributed by atoms with Gasteiger partial charge in [-0.05, 0) is 68.5 Å². The zero-order valence-electron chi connectivity index (χ0n) is 27.6. The topological polar surface area (TPSA) is 86.8 Å². The molecule has 2 amide bonds. The van der Waals surface area contributed by atoms with Gasteiger partial charge in [-0.15, -0.1) is 0 Å². The van der Waals surface area contributed by atoms with Crippen LogP contribution in [0.3, 0.4) is 0 Å². The molecule has 7 nitrogen and oxygen atoms in total. The van der Waals surface area contributed by atoms with Crippen LogP contribution in [0.25, 0.3) is 0 Å². The van der Waals surface area contributed by atoms with Crippen LogP contribution in [0.5, 0.6) is 0 Å². The Kier molecular flexibility index (Phi) is 11.1. The summed E-state index contributed by atoms with van der Waals surface area (Å²) >= 11 is 0. The number of benzene rings is 4. The first-order valence-electron chi connectivity index (χ1n) is 16.5. The van der Waals surface area contributed by atoms with Crippen molar-refractivity contribution in [1.82, 2.24) is 10.2 Å². The van der Waals surface area contributed by atoms with E-state index in [9.17, 15) is 18.0 Å². The molecule has 1 fully saturated rings. The summed E-state index contributed by atoms with van der Waals surface area (Å²) in [5.41, 5.74) is 4.96. The molecule has 4 aromatic carbocycles. The summed E-state index contributed by atoms with van der Waals surface area (Å²) < 4.78 is 29.7. The van der Waals surface area contributed by atoms with Gasteiger partial charge in [-0.25, -0.2) is 8.42 Å². The molecule has 5 rings (SSSR count). The van der Waals surface area contributed by atoms with E-state index in [0.29, 0.717) is 12.1 Å². The lowest BCUT2D eigenvalue weighted by atomic mass is 9.94. The van der Waals surface area contributed by atoms with Crippen LogP contribution in [0.1, 0.15) is 59.9 Å². The van der Waals surface area contributed by atoms with Crippen molar-refractivity contribution < 1.29 is 18.0 Å². The van der Waals surface area contributed by atoms with E-state index in [1.165, 1.54) is 16.4 Å². The first kappa shape index (κ1) is 33.9. The second-order valence-corrected chi connectivity index (χ2v) is 14.5. The molecular formula is C39H45N3O4S. The van der Waals surface area contributed by atoms with Gasteiger partial charge in [0, 0.05) is 19.0 Å². The lowest BCUT2D eigenvalue weighted by Crippen LogP contribution is -2.55. The molecule has 0 aromatic heterocycles. The van der Waals surface area contributed by atoms with E-state index >= 15 is 0 Å². The van der Waals surface area contributed by atoms with E-state index < -0.39 is 28.5 Å². The number of sulfonamides is 1. The van der Waals surface area contributed by atoms with Gasteiger partial charge in [-0.1, -0.05) is 115 Å². The smallest absolute Gasteiger partial charge is 0.264 e.